The van der Waals surface area contributed by atoms with E-state index in [1.165, 1.54) is 19.3 Å². The summed E-state index contributed by atoms with van der Waals surface area (Å²) in [6.45, 7) is 5.48. The number of hydrogen-bond donors (Lipinski definition) is 1. The van der Waals surface area contributed by atoms with Gasteiger partial charge in [-0.2, -0.15) is 0 Å². The highest BCUT2D eigenvalue weighted by atomic mass is 16.5. The Morgan fingerprint density at radius 3 is 2.59 bits per heavy atom. The van der Waals surface area contributed by atoms with Gasteiger partial charge >= 0.3 is 6.03 Å². The highest BCUT2D eigenvalue weighted by Crippen LogP contribution is 2.24. The third-order valence-corrected chi connectivity index (χ3v) is 4.42. The van der Waals surface area contributed by atoms with Crippen LogP contribution in [0.5, 0.6) is 5.75 Å². The monoisotopic (exact) mass is 304 g/mol. The van der Waals surface area contributed by atoms with E-state index < -0.39 is 0 Å². The van der Waals surface area contributed by atoms with Crippen molar-refractivity contribution >= 4 is 6.03 Å². The Balaban J connectivity index is 1.85. The highest BCUT2D eigenvalue weighted by molar-refractivity contribution is 5.74. The molecule has 4 nitrogen and oxygen atoms in total. The molecule has 1 aliphatic carbocycles. The van der Waals surface area contributed by atoms with Gasteiger partial charge in [0.15, 0.2) is 0 Å². The fraction of sp³-hybridized carbons (Fsp3) is 0.611. The molecule has 0 heterocycles. The minimum atomic E-state index is 0.0210. The molecule has 0 bridgehead atoms. The van der Waals surface area contributed by atoms with Crippen LogP contribution in [0.25, 0.3) is 0 Å². The number of amides is 2. The van der Waals surface area contributed by atoms with E-state index >= 15 is 0 Å². The summed E-state index contributed by atoms with van der Waals surface area (Å²) in [5.41, 5.74) is 1.11. The Morgan fingerprint density at radius 2 is 1.95 bits per heavy atom. The van der Waals surface area contributed by atoms with Gasteiger partial charge in [0.1, 0.15) is 5.75 Å². The van der Waals surface area contributed by atoms with Crippen molar-refractivity contribution in [2.75, 3.05) is 13.7 Å². The molecule has 1 aliphatic rings. The van der Waals surface area contributed by atoms with Gasteiger partial charge < -0.3 is 15.0 Å². The van der Waals surface area contributed by atoms with Crippen LogP contribution in [0.15, 0.2) is 24.3 Å². The lowest BCUT2D eigenvalue weighted by molar-refractivity contribution is 0.190. The van der Waals surface area contributed by atoms with Crippen LogP contribution in [0.1, 0.15) is 45.1 Å². The topological polar surface area (TPSA) is 41.6 Å². The van der Waals surface area contributed by atoms with E-state index in [0.29, 0.717) is 25.1 Å². The molecule has 1 aromatic rings. The molecule has 0 unspecified atom stereocenters. The van der Waals surface area contributed by atoms with Crippen LogP contribution in [0.2, 0.25) is 0 Å². The van der Waals surface area contributed by atoms with Crippen LogP contribution in [0.3, 0.4) is 0 Å². The summed E-state index contributed by atoms with van der Waals surface area (Å²) in [7, 11) is 1.85. The Labute approximate surface area is 133 Å². The van der Waals surface area contributed by atoms with Crippen molar-refractivity contribution in [3.63, 3.8) is 0 Å². The Kier molecular flexibility index (Phi) is 6.10. The summed E-state index contributed by atoms with van der Waals surface area (Å²) < 4.78 is 5.43. The van der Waals surface area contributed by atoms with E-state index in [0.717, 1.165) is 17.7 Å². The normalized spacial score (nSPS) is 21.2. The lowest BCUT2D eigenvalue weighted by Gasteiger charge is -2.31. The molecule has 0 spiro atoms. The average molecular weight is 304 g/mol. The number of rotatable bonds is 5. The molecule has 4 heteroatoms. The number of hydrogen-bond acceptors (Lipinski definition) is 2. The molecule has 2 atom stereocenters. The van der Waals surface area contributed by atoms with Gasteiger partial charge in [-0.25, -0.2) is 4.79 Å². The van der Waals surface area contributed by atoms with Gasteiger partial charge in [0.2, 0.25) is 0 Å². The molecule has 122 valence electrons. The van der Waals surface area contributed by atoms with Gasteiger partial charge in [0, 0.05) is 19.6 Å². The smallest absolute Gasteiger partial charge is 0.317 e. The number of nitrogens with zero attached hydrogens (tertiary/aromatic N) is 1. The van der Waals surface area contributed by atoms with E-state index in [9.17, 15) is 4.79 Å². The van der Waals surface area contributed by atoms with Crippen LogP contribution in [0.4, 0.5) is 4.79 Å². The number of ether oxygens (including phenoxy) is 1. The SMILES string of the molecule is CCOc1ccc(CN(C)C(=O)N[C@@H]2CCCC[C@@H]2C)cc1. The van der Waals surface area contributed by atoms with Crippen molar-refractivity contribution in [1.82, 2.24) is 10.2 Å². The van der Waals surface area contributed by atoms with Crippen molar-refractivity contribution in [2.24, 2.45) is 5.92 Å². The number of nitrogens with one attached hydrogen (secondary N) is 1. The zero-order chi connectivity index (χ0) is 15.9. The molecule has 0 saturated heterocycles. The van der Waals surface area contributed by atoms with Gasteiger partial charge in [-0.05, 0) is 43.4 Å². The molecular formula is C18H28N2O2. The van der Waals surface area contributed by atoms with E-state index in [1.54, 1.807) is 4.90 Å². The number of carbonyl (C=O) groups is 1. The average Bonchev–Trinajstić information content (AvgIpc) is 2.51. The molecule has 0 aromatic heterocycles. The van der Waals surface area contributed by atoms with Crippen LogP contribution >= 0.6 is 0 Å². The predicted molar refractivity (Wildman–Crippen MR) is 89.0 cm³/mol. The van der Waals surface area contributed by atoms with Crippen LogP contribution in [-0.2, 0) is 6.54 Å². The number of benzene rings is 1. The van der Waals surface area contributed by atoms with Crippen molar-refractivity contribution < 1.29 is 9.53 Å². The zero-order valence-electron chi connectivity index (χ0n) is 14.0. The summed E-state index contributed by atoms with van der Waals surface area (Å²) in [5.74, 6) is 1.45. The maximum atomic E-state index is 12.3. The lowest BCUT2D eigenvalue weighted by atomic mass is 9.86. The fourth-order valence-corrected chi connectivity index (χ4v) is 3.00. The maximum Gasteiger partial charge on any atom is 0.317 e. The summed E-state index contributed by atoms with van der Waals surface area (Å²) in [4.78, 5) is 14.1. The first-order valence-corrected chi connectivity index (χ1v) is 8.33. The quantitative estimate of drug-likeness (QED) is 0.899. The van der Waals surface area contributed by atoms with E-state index in [2.05, 4.69) is 12.2 Å². The summed E-state index contributed by atoms with van der Waals surface area (Å²) in [6, 6.07) is 8.27. The molecule has 22 heavy (non-hydrogen) atoms. The first-order valence-electron chi connectivity index (χ1n) is 8.33. The van der Waals surface area contributed by atoms with Crippen molar-refractivity contribution in [3.05, 3.63) is 29.8 Å². The molecular weight excluding hydrogens is 276 g/mol. The minimum absolute atomic E-state index is 0.0210. The van der Waals surface area contributed by atoms with Gasteiger partial charge in [-0.15, -0.1) is 0 Å². The molecule has 1 N–H and O–H groups in total. The number of carbonyl (C=O) groups excluding carboxylic acids is 1. The molecule has 1 saturated carbocycles. The van der Waals surface area contributed by atoms with E-state index in [1.807, 2.05) is 38.2 Å². The number of urea groups is 1. The first-order chi connectivity index (χ1) is 10.6. The van der Waals surface area contributed by atoms with Crippen molar-refractivity contribution in [1.29, 1.82) is 0 Å². The van der Waals surface area contributed by atoms with Crippen molar-refractivity contribution in [2.45, 2.75) is 52.1 Å². The summed E-state index contributed by atoms with van der Waals surface area (Å²) >= 11 is 0. The Bertz CT molecular complexity index is 472. The molecule has 0 aliphatic heterocycles. The predicted octanol–water partition coefficient (Wildman–Crippen LogP) is 3.81. The molecule has 0 radical (unpaired) electrons. The lowest BCUT2D eigenvalue weighted by Crippen LogP contribution is -2.46. The van der Waals surface area contributed by atoms with Gasteiger partial charge in [0.05, 0.1) is 6.61 Å². The van der Waals surface area contributed by atoms with Crippen molar-refractivity contribution in [3.8, 4) is 5.75 Å². The van der Waals surface area contributed by atoms with E-state index in [4.69, 9.17) is 4.74 Å². The second-order valence-electron chi connectivity index (χ2n) is 6.25. The second kappa shape index (κ2) is 8.06. The van der Waals surface area contributed by atoms with Gasteiger partial charge in [0.25, 0.3) is 0 Å². The minimum Gasteiger partial charge on any atom is -0.494 e. The maximum absolute atomic E-state index is 12.3. The van der Waals surface area contributed by atoms with E-state index in [-0.39, 0.29) is 6.03 Å². The largest absolute Gasteiger partial charge is 0.494 e. The third-order valence-electron chi connectivity index (χ3n) is 4.42. The third kappa shape index (κ3) is 4.65. The molecule has 1 fully saturated rings. The summed E-state index contributed by atoms with van der Waals surface area (Å²) in [5, 5.41) is 3.18. The molecule has 2 amide bonds. The Morgan fingerprint density at radius 1 is 1.27 bits per heavy atom. The standard InChI is InChI=1S/C18H28N2O2/c1-4-22-16-11-9-15(10-12-16)13-20(3)18(21)19-17-8-6-5-7-14(17)2/h9-12,14,17H,4-8,13H2,1-3H3,(H,19,21)/t14-,17+/m0/s1. The van der Waals surface area contributed by atoms with Crippen LogP contribution in [0, 0.1) is 5.92 Å². The van der Waals surface area contributed by atoms with Gasteiger partial charge in [-0.3, -0.25) is 0 Å². The highest BCUT2D eigenvalue weighted by Gasteiger charge is 2.23. The molecule has 2 rings (SSSR count). The van der Waals surface area contributed by atoms with Crippen LogP contribution in [-0.4, -0.2) is 30.6 Å². The Hall–Kier alpha value is -1.71. The molecule has 1 aromatic carbocycles. The van der Waals surface area contributed by atoms with Crippen LogP contribution < -0.4 is 10.1 Å². The first kappa shape index (κ1) is 16.7. The second-order valence-corrected chi connectivity index (χ2v) is 6.25. The van der Waals surface area contributed by atoms with Gasteiger partial charge in [-0.1, -0.05) is 31.9 Å². The summed E-state index contributed by atoms with van der Waals surface area (Å²) in [6.07, 6.45) is 4.82. The zero-order valence-corrected chi connectivity index (χ0v) is 14.0. The fourth-order valence-electron chi connectivity index (χ4n) is 3.00.